The topological polar surface area (TPSA) is 49.4 Å². The summed E-state index contributed by atoms with van der Waals surface area (Å²) in [7, 11) is -2.94. The Balaban J connectivity index is 2.09. The van der Waals surface area contributed by atoms with Crippen LogP contribution in [0.4, 0.5) is 0 Å². The van der Waals surface area contributed by atoms with Crippen LogP contribution in [-0.2, 0) is 10.0 Å². The van der Waals surface area contributed by atoms with E-state index in [2.05, 4.69) is 5.32 Å². The number of nitrogens with zero attached hydrogens (tertiary/aromatic N) is 1. The molecule has 2 aliphatic rings. The van der Waals surface area contributed by atoms with Crippen LogP contribution >= 0.6 is 0 Å². The van der Waals surface area contributed by atoms with Crippen LogP contribution < -0.4 is 5.32 Å². The minimum atomic E-state index is -2.94. The number of rotatable bonds is 4. The van der Waals surface area contributed by atoms with Gasteiger partial charge in [-0.3, -0.25) is 0 Å². The van der Waals surface area contributed by atoms with Crippen molar-refractivity contribution in [3.05, 3.63) is 0 Å². The lowest BCUT2D eigenvalue weighted by Gasteiger charge is -2.36. The second-order valence-electron chi connectivity index (χ2n) is 3.76. The van der Waals surface area contributed by atoms with Crippen molar-refractivity contribution in [2.45, 2.75) is 31.1 Å². The third kappa shape index (κ3) is 1.60. The van der Waals surface area contributed by atoms with Crippen LogP contribution in [-0.4, -0.2) is 43.6 Å². The Bertz CT molecular complexity index is 281. The summed E-state index contributed by atoms with van der Waals surface area (Å²) in [5.74, 6) is 0. The fraction of sp³-hybridized carbons (Fsp3) is 1.00. The van der Waals surface area contributed by atoms with Gasteiger partial charge in [-0.05, 0) is 12.8 Å². The summed E-state index contributed by atoms with van der Waals surface area (Å²) in [5.41, 5.74) is 0. The summed E-state index contributed by atoms with van der Waals surface area (Å²) in [5, 5.41) is 3.04. The van der Waals surface area contributed by atoms with Crippen molar-refractivity contribution in [2.75, 3.05) is 19.6 Å². The second-order valence-corrected chi connectivity index (χ2v) is 5.93. The molecular weight excluding hydrogens is 188 g/mol. The third-order valence-electron chi connectivity index (χ3n) is 2.75. The van der Waals surface area contributed by atoms with E-state index in [9.17, 15) is 8.42 Å². The molecule has 13 heavy (non-hydrogen) atoms. The van der Waals surface area contributed by atoms with Gasteiger partial charge in [0.2, 0.25) is 10.0 Å². The molecule has 1 saturated heterocycles. The molecule has 1 N–H and O–H groups in total. The highest BCUT2D eigenvalue weighted by Gasteiger charge is 2.43. The van der Waals surface area contributed by atoms with E-state index in [0.717, 1.165) is 25.9 Å². The lowest BCUT2D eigenvalue weighted by Crippen LogP contribution is -2.59. The Hall–Kier alpha value is -0.130. The Kier molecular flexibility index (Phi) is 2.33. The smallest absolute Gasteiger partial charge is 0.217 e. The van der Waals surface area contributed by atoms with Gasteiger partial charge >= 0.3 is 0 Å². The third-order valence-corrected chi connectivity index (χ3v) is 5.28. The zero-order valence-electron chi connectivity index (χ0n) is 7.86. The van der Waals surface area contributed by atoms with Crippen molar-refractivity contribution < 1.29 is 8.42 Å². The maximum Gasteiger partial charge on any atom is 0.217 e. The Morgan fingerprint density at radius 1 is 1.38 bits per heavy atom. The largest absolute Gasteiger partial charge is 0.313 e. The molecule has 2 rings (SSSR count). The van der Waals surface area contributed by atoms with Crippen molar-refractivity contribution in [2.24, 2.45) is 0 Å². The molecular formula is C8H16N2O2S. The molecule has 4 nitrogen and oxygen atoms in total. The van der Waals surface area contributed by atoms with Crippen molar-refractivity contribution in [1.29, 1.82) is 0 Å². The summed E-state index contributed by atoms with van der Waals surface area (Å²) in [4.78, 5) is 0. The first-order valence-electron chi connectivity index (χ1n) is 4.87. The van der Waals surface area contributed by atoms with E-state index in [-0.39, 0.29) is 11.3 Å². The van der Waals surface area contributed by atoms with E-state index in [1.807, 2.05) is 6.92 Å². The molecule has 0 bridgehead atoms. The van der Waals surface area contributed by atoms with Gasteiger partial charge < -0.3 is 5.32 Å². The van der Waals surface area contributed by atoms with Crippen LogP contribution in [0.5, 0.6) is 0 Å². The zero-order valence-corrected chi connectivity index (χ0v) is 8.68. The SMILES string of the molecule is CCN(C1CNC1)S(=O)(=O)C1CC1. The number of sulfonamides is 1. The summed E-state index contributed by atoms with van der Waals surface area (Å²) in [6, 6.07) is 0.218. The molecule has 1 saturated carbocycles. The Morgan fingerprint density at radius 3 is 2.31 bits per heavy atom. The number of hydrogen-bond donors (Lipinski definition) is 1. The predicted octanol–water partition coefficient (Wildman–Crippen LogP) is -0.228. The molecule has 0 spiro atoms. The summed E-state index contributed by atoms with van der Waals surface area (Å²) in [6.45, 7) is 4.17. The minimum Gasteiger partial charge on any atom is -0.313 e. The molecule has 0 atom stereocenters. The molecule has 0 radical (unpaired) electrons. The van der Waals surface area contributed by atoms with Crippen molar-refractivity contribution in [3.63, 3.8) is 0 Å². The van der Waals surface area contributed by atoms with Crippen LogP contribution in [0.25, 0.3) is 0 Å². The minimum absolute atomic E-state index is 0.0620. The normalized spacial score (nSPS) is 24.8. The molecule has 0 unspecified atom stereocenters. The van der Waals surface area contributed by atoms with Gasteiger partial charge in [-0.1, -0.05) is 6.92 Å². The van der Waals surface area contributed by atoms with E-state index in [0.29, 0.717) is 6.54 Å². The molecule has 0 aromatic carbocycles. The van der Waals surface area contributed by atoms with Crippen LogP contribution in [0.15, 0.2) is 0 Å². The van der Waals surface area contributed by atoms with E-state index in [4.69, 9.17) is 0 Å². The number of likely N-dealkylation sites (N-methyl/N-ethyl adjacent to an activating group) is 1. The lowest BCUT2D eigenvalue weighted by molar-refractivity contribution is 0.249. The summed E-state index contributed by atoms with van der Waals surface area (Å²) < 4.78 is 25.4. The van der Waals surface area contributed by atoms with Gasteiger partial charge in [-0.2, -0.15) is 4.31 Å². The number of nitrogens with one attached hydrogen (secondary N) is 1. The van der Waals surface area contributed by atoms with Gasteiger partial charge in [0.05, 0.1) is 5.25 Å². The van der Waals surface area contributed by atoms with Gasteiger partial charge in [-0.15, -0.1) is 0 Å². The highest BCUT2D eigenvalue weighted by Crippen LogP contribution is 2.32. The van der Waals surface area contributed by atoms with Gasteiger partial charge in [-0.25, -0.2) is 8.42 Å². The molecule has 0 aromatic rings. The zero-order chi connectivity index (χ0) is 9.47. The van der Waals surface area contributed by atoms with Crippen molar-refractivity contribution in [3.8, 4) is 0 Å². The fourth-order valence-electron chi connectivity index (χ4n) is 1.68. The average molecular weight is 204 g/mol. The molecule has 0 amide bonds. The molecule has 5 heteroatoms. The molecule has 0 aromatic heterocycles. The molecule has 1 aliphatic heterocycles. The second kappa shape index (κ2) is 3.22. The summed E-state index contributed by atoms with van der Waals surface area (Å²) >= 11 is 0. The molecule has 1 aliphatic carbocycles. The average Bonchev–Trinajstić information content (AvgIpc) is 2.76. The van der Waals surface area contributed by atoms with Crippen molar-refractivity contribution >= 4 is 10.0 Å². The Morgan fingerprint density at radius 2 is 2.00 bits per heavy atom. The van der Waals surface area contributed by atoms with Crippen LogP contribution in [0.3, 0.4) is 0 Å². The fourth-order valence-corrected chi connectivity index (χ4v) is 3.72. The maximum absolute atomic E-state index is 11.9. The first-order chi connectivity index (χ1) is 6.16. The van der Waals surface area contributed by atoms with E-state index in [1.54, 1.807) is 4.31 Å². The summed E-state index contributed by atoms with van der Waals surface area (Å²) in [6.07, 6.45) is 1.72. The maximum atomic E-state index is 11.9. The Labute approximate surface area is 79.4 Å². The van der Waals surface area contributed by atoms with Gasteiger partial charge in [0, 0.05) is 25.7 Å². The van der Waals surface area contributed by atoms with Crippen LogP contribution in [0, 0.1) is 0 Å². The van der Waals surface area contributed by atoms with Crippen LogP contribution in [0.1, 0.15) is 19.8 Å². The monoisotopic (exact) mass is 204 g/mol. The van der Waals surface area contributed by atoms with E-state index < -0.39 is 10.0 Å². The first kappa shape index (κ1) is 9.43. The highest BCUT2D eigenvalue weighted by atomic mass is 32.2. The van der Waals surface area contributed by atoms with Gasteiger partial charge in [0.1, 0.15) is 0 Å². The standard InChI is InChI=1S/C8H16N2O2S/c1-2-10(7-5-9-6-7)13(11,12)8-3-4-8/h7-9H,2-6H2,1H3. The van der Waals surface area contributed by atoms with Gasteiger partial charge in [0.15, 0.2) is 0 Å². The lowest BCUT2D eigenvalue weighted by atomic mass is 10.2. The molecule has 2 fully saturated rings. The van der Waals surface area contributed by atoms with E-state index >= 15 is 0 Å². The highest BCUT2D eigenvalue weighted by molar-refractivity contribution is 7.90. The predicted molar refractivity (Wildman–Crippen MR) is 51.0 cm³/mol. The number of hydrogen-bond acceptors (Lipinski definition) is 3. The molecule has 1 heterocycles. The quantitative estimate of drug-likeness (QED) is 0.688. The molecule has 76 valence electrons. The van der Waals surface area contributed by atoms with Gasteiger partial charge in [0.25, 0.3) is 0 Å². The first-order valence-corrected chi connectivity index (χ1v) is 6.38. The van der Waals surface area contributed by atoms with Crippen molar-refractivity contribution in [1.82, 2.24) is 9.62 Å². The van der Waals surface area contributed by atoms with E-state index in [1.165, 1.54) is 0 Å². The van der Waals surface area contributed by atoms with Crippen LogP contribution in [0.2, 0.25) is 0 Å².